The van der Waals surface area contributed by atoms with Gasteiger partial charge in [-0.2, -0.15) is 0 Å². The van der Waals surface area contributed by atoms with Crippen molar-refractivity contribution in [2.24, 2.45) is 0 Å². The van der Waals surface area contributed by atoms with Crippen LogP contribution < -0.4 is 5.73 Å². The van der Waals surface area contributed by atoms with Crippen molar-refractivity contribution in [1.82, 2.24) is 4.90 Å². The summed E-state index contributed by atoms with van der Waals surface area (Å²) >= 11 is 0. The van der Waals surface area contributed by atoms with Crippen molar-refractivity contribution in [3.8, 4) is 0 Å². The maximum atomic E-state index is 12.2. The molecule has 88 valence electrons. The van der Waals surface area contributed by atoms with Crippen LogP contribution >= 0.6 is 0 Å². The first-order chi connectivity index (χ1) is 7.47. The Morgan fingerprint density at radius 3 is 2.56 bits per heavy atom. The van der Waals surface area contributed by atoms with Gasteiger partial charge >= 0.3 is 0 Å². The zero-order valence-electron chi connectivity index (χ0n) is 10.4. The van der Waals surface area contributed by atoms with Crippen LogP contribution in [0.1, 0.15) is 36.7 Å². The number of nitrogens with two attached hydrogens (primary N) is 1. The fourth-order valence-electron chi connectivity index (χ4n) is 1.75. The molecule has 1 rings (SSSR count). The molecule has 0 heterocycles. The highest BCUT2D eigenvalue weighted by atomic mass is 16.2. The topological polar surface area (TPSA) is 46.3 Å². The molecule has 0 unspecified atom stereocenters. The molecule has 0 bridgehead atoms. The smallest absolute Gasteiger partial charge is 0.256 e. The van der Waals surface area contributed by atoms with Gasteiger partial charge in [0.25, 0.3) is 5.91 Å². The van der Waals surface area contributed by atoms with Gasteiger partial charge in [0.2, 0.25) is 0 Å². The van der Waals surface area contributed by atoms with E-state index >= 15 is 0 Å². The van der Waals surface area contributed by atoms with Crippen molar-refractivity contribution in [2.75, 3.05) is 12.3 Å². The third-order valence-electron chi connectivity index (χ3n) is 2.66. The van der Waals surface area contributed by atoms with Crippen LogP contribution in [0.4, 0.5) is 5.69 Å². The zero-order chi connectivity index (χ0) is 12.3. The number of carbonyl (C=O) groups excluding carboxylic acids is 1. The summed E-state index contributed by atoms with van der Waals surface area (Å²) in [7, 11) is 0. The third-order valence-corrected chi connectivity index (χ3v) is 2.66. The van der Waals surface area contributed by atoms with E-state index in [4.69, 9.17) is 5.73 Å². The number of nitrogens with zero attached hydrogens (tertiary/aromatic N) is 1. The molecule has 0 radical (unpaired) electrons. The summed E-state index contributed by atoms with van der Waals surface area (Å²) in [4.78, 5) is 14.0. The number of hydrogen-bond acceptors (Lipinski definition) is 2. The van der Waals surface area contributed by atoms with E-state index in [0.29, 0.717) is 17.8 Å². The first-order valence-corrected chi connectivity index (χ1v) is 5.64. The molecule has 3 nitrogen and oxygen atoms in total. The van der Waals surface area contributed by atoms with Crippen LogP contribution in [0.3, 0.4) is 0 Å². The van der Waals surface area contributed by atoms with Crippen molar-refractivity contribution < 1.29 is 4.79 Å². The molecule has 3 heteroatoms. The van der Waals surface area contributed by atoms with Crippen LogP contribution in [0.5, 0.6) is 0 Å². The molecule has 0 saturated carbocycles. The molecule has 1 aromatic carbocycles. The number of carbonyl (C=O) groups is 1. The number of amides is 1. The first-order valence-electron chi connectivity index (χ1n) is 5.64. The quantitative estimate of drug-likeness (QED) is 0.795. The number of aryl methyl sites for hydroxylation is 1. The van der Waals surface area contributed by atoms with E-state index in [1.54, 1.807) is 6.07 Å². The maximum Gasteiger partial charge on any atom is 0.256 e. The largest absolute Gasteiger partial charge is 0.398 e. The Kier molecular flexibility index (Phi) is 3.93. The molecular formula is C13H20N2O. The van der Waals surface area contributed by atoms with Gasteiger partial charge in [0.05, 0.1) is 5.56 Å². The van der Waals surface area contributed by atoms with Crippen LogP contribution in [0.25, 0.3) is 0 Å². The summed E-state index contributed by atoms with van der Waals surface area (Å²) in [6.07, 6.45) is 0. The van der Waals surface area contributed by atoms with Crippen LogP contribution in [0, 0.1) is 6.92 Å². The Labute approximate surface area is 97.2 Å². The summed E-state index contributed by atoms with van der Waals surface area (Å²) in [6, 6.07) is 5.74. The van der Waals surface area contributed by atoms with Gasteiger partial charge in [-0.1, -0.05) is 11.6 Å². The number of hydrogen-bond donors (Lipinski definition) is 1. The first kappa shape index (κ1) is 12.6. The van der Waals surface area contributed by atoms with Crippen LogP contribution in [0.15, 0.2) is 18.2 Å². The van der Waals surface area contributed by atoms with Crippen LogP contribution in [-0.2, 0) is 0 Å². The van der Waals surface area contributed by atoms with Gasteiger partial charge in [0.15, 0.2) is 0 Å². The van der Waals surface area contributed by atoms with E-state index in [1.165, 1.54) is 0 Å². The molecule has 1 aromatic rings. The van der Waals surface area contributed by atoms with Crippen LogP contribution in [0.2, 0.25) is 0 Å². The second-order valence-corrected chi connectivity index (χ2v) is 4.28. The van der Waals surface area contributed by atoms with Gasteiger partial charge in [-0.15, -0.1) is 0 Å². The summed E-state index contributed by atoms with van der Waals surface area (Å²) < 4.78 is 0. The van der Waals surface area contributed by atoms with E-state index in [9.17, 15) is 4.79 Å². The fraction of sp³-hybridized carbons (Fsp3) is 0.462. The number of nitrogen functional groups attached to an aromatic ring is 1. The predicted molar refractivity (Wildman–Crippen MR) is 67.4 cm³/mol. The van der Waals surface area contributed by atoms with Crippen molar-refractivity contribution >= 4 is 11.6 Å². The molecule has 2 N–H and O–H groups in total. The Morgan fingerprint density at radius 1 is 1.44 bits per heavy atom. The lowest BCUT2D eigenvalue weighted by atomic mass is 10.1. The average molecular weight is 220 g/mol. The second kappa shape index (κ2) is 5.01. The molecule has 0 aromatic heterocycles. The molecule has 0 spiro atoms. The molecule has 0 atom stereocenters. The van der Waals surface area contributed by atoms with Gasteiger partial charge in [0.1, 0.15) is 0 Å². The maximum absolute atomic E-state index is 12.2. The van der Waals surface area contributed by atoms with E-state index in [-0.39, 0.29) is 11.9 Å². The minimum absolute atomic E-state index is 0.0127. The Balaban J connectivity index is 3.08. The monoisotopic (exact) mass is 220 g/mol. The van der Waals surface area contributed by atoms with Crippen LogP contribution in [-0.4, -0.2) is 23.4 Å². The van der Waals surface area contributed by atoms with E-state index in [2.05, 4.69) is 0 Å². The minimum atomic E-state index is 0.0127. The van der Waals surface area contributed by atoms with Gasteiger partial charge < -0.3 is 10.6 Å². The van der Waals surface area contributed by atoms with E-state index < -0.39 is 0 Å². The molecule has 16 heavy (non-hydrogen) atoms. The Bertz CT molecular complexity index is 386. The highest BCUT2D eigenvalue weighted by molar-refractivity contribution is 5.99. The van der Waals surface area contributed by atoms with Gasteiger partial charge in [0, 0.05) is 18.3 Å². The van der Waals surface area contributed by atoms with Crippen molar-refractivity contribution in [2.45, 2.75) is 33.7 Å². The normalized spacial score (nSPS) is 10.6. The molecule has 0 aliphatic rings. The molecular weight excluding hydrogens is 200 g/mol. The Morgan fingerprint density at radius 2 is 2.06 bits per heavy atom. The van der Waals surface area contributed by atoms with Crippen molar-refractivity contribution in [3.05, 3.63) is 29.3 Å². The highest BCUT2D eigenvalue weighted by Crippen LogP contribution is 2.17. The molecule has 0 aliphatic carbocycles. The second-order valence-electron chi connectivity index (χ2n) is 4.28. The SMILES string of the molecule is CCN(C(=O)c1cc(C)ccc1N)C(C)C. The average Bonchev–Trinajstić information content (AvgIpc) is 2.22. The molecule has 0 aliphatic heterocycles. The van der Waals surface area contributed by atoms with Gasteiger partial charge in [-0.05, 0) is 39.8 Å². The standard InChI is InChI=1S/C13H20N2O/c1-5-15(9(2)3)13(16)11-8-10(4)6-7-12(11)14/h6-9H,5,14H2,1-4H3. The molecule has 0 fully saturated rings. The van der Waals surface area contributed by atoms with E-state index in [0.717, 1.165) is 5.56 Å². The lowest BCUT2D eigenvalue weighted by molar-refractivity contribution is 0.0718. The molecule has 1 amide bonds. The third kappa shape index (κ3) is 2.54. The van der Waals surface area contributed by atoms with Crippen molar-refractivity contribution in [1.29, 1.82) is 0 Å². The lowest BCUT2D eigenvalue weighted by Gasteiger charge is -2.25. The predicted octanol–water partition coefficient (Wildman–Crippen LogP) is 2.45. The summed E-state index contributed by atoms with van der Waals surface area (Å²) in [5, 5.41) is 0. The number of rotatable bonds is 3. The number of benzene rings is 1. The van der Waals surface area contributed by atoms with Crippen molar-refractivity contribution in [3.63, 3.8) is 0 Å². The molecule has 0 saturated heterocycles. The Hall–Kier alpha value is -1.51. The summed E-state index contributed by atoms with van der Waals surface area (Å²) in [6.45, 7) is 8.65. The fourth-order valence-corrected chi connectivity index (χ4v) is 1.75. The number of anilines is 1. The van der Waals surface area contributed by atoms with Gasteiger partial charge in [-0.25, -0.2) is 0 Å². The van der Waals surface area contributed by atoms with E-state index in [1.807, 2.05) is 44.7 Å². The van der Waals surface area contributed by atoms with Gasteiger partial charge in [-0.3, -0.25) is 4.79 Å². The lowest BCUT2D eigenvalue weighted by Crippen LogP contribution is -2.37. The zero-order valence-corrected chi connectivity index (χ0v) is 10.4. The summed E-state index contributed by atoms with van der Waals surface area (Å²) in [5.74, 6) is 0.0127. The highest BCUT2D eigenvalue weighted by Gasteiger charge is 2.18. The summed E-state index contributed by atoms with van der Waals surface area (Å²) in [5.41, 5.74) is 8.05. The minimum Gasteiger partial charge on any atom is -0.398 e.